The molecule has 2 heteroatoms. The van der Waals surface area contributed by atoms with E-state index in [2.05, 4.69) is 0 Å². The highest BCUT2D eigenvalue weighted by molar-refractivity contribution is 6.28. The van der Waals surface area contributed by atoms with Crippen LogP contribution in [0.4, 0.5) is 0 Å². The predicted molar refractivity (Wildman–Crippen MR) is 97.2 cm³/mol. The van der Waals surface area contributed by atoms with Gasteiger partial charge < -0.3 is 5.11 Å². The highest BCUT2D eigenvalue weighted by atomic mass is 16.3. The zero-order valence-electron chi connectivity index (χ0n) is 14.1. The third kappa shape index (κ3) is 2.61. The number of hydrogen-bond donors (Lipinski definition) is 1. The number of fused-ring (bicyclic) bond motifs is 5. The Morgan fingerprint density at radius 2 is 1.22 bits per heavy atom. The predicted octanol–water partition coefficient (Wildman–Crippen LogP) is 5.81. The number of carbonyl (C=O) groups excluding carboxylic acids is 1. The molecule has 0 spiro atoms. The van der Waals surface area contributed by atoms with Crippen molar-refractivity contribution in [1.29, 1.82) is 0 Å². The number of phenolic OH excluding ortho intramolecular Hbond substituents is 1. The molecule has 0 saturated carbocycles. The van der Waals surface area contributed by atoms with Crippen LogP contribution in [0.2, 0.25) is 0 Å². The molecule has 2 nitrogen and oxygen atoms in total. The van der Waals surface area contributed by atoms with E-state index in [9.17, 15) is 9.90 Å². The van der Waals surface area contributed by atoms with Gasteiger partial charge in [-0.2, -0.15) is 0 Å². The lowest BCUT2D eigenvalue weighted by molar-refractivity contribution is 0.104. The average Bonchev–Trinajstić information content (AvgIpc) is 2.92. The number of benzene rings is 3. The first-order chi connectivity index (χ1) is 11.3. The standard InChI is InChI=1S/C17H10O2.2C2H6/c18-15-9-14-10-5-1-4-8-13(10)17(19)16(14)12-7-3-2-6-11(12)15;2*1-2/h1-9,18H;2*1-2H3. The molecule has 3 aromatic rings. The molecular formula is C21H22O2. The molecule has 4 rings (SSSR count). The highest BCUT2D eigenvalue weighted by Crippen LogP contribution is 2.43. The van der Waals surface area contributed by atoms with Gasteiger partial charge in [-0.25, -0.2) is 0 Å². The van der Waals surface area contributed by atoms with Crippen LogP contribution in [-0.2, 0) is 0 Å². The first kappa shape index (κ1) is 16.8. The Morgan fingerprint density at radius 1 is 0.696 bits per heavy atom. The van der Waals surface area contributed by atoms with Crippen LogP contribution in [-0.4, -0.2) is 10.9 Å². The molecule has 0 fully saturated rings. The molecule has 0 unspecified atom stereocenters. The van der Waals surface area contributed by atoms with Gasteiger partial charge in [0.1, 0.15) is 5.75 Å². The Hall–Kier alpha value is -2.61. The number of ketones is 1. The van der Waals surface area contributed by atoms with Crippen molar-refractivity contribution >= 4 is 16.6 Å². The summed E-state index contributed by atoms with van der Waals surface area (Å²) in [4.78, 5) is 12.5. The topological polar surface area (TPSA) is 37.3 Å². The quantitative estimate of drug-likeness (QED) is 0.445. The molecule has 1 aliphatic carbocycles. The Bertz CT molecular complexity index is 848. The van der Waals surface area contributed by atoms with E-state index in [-0.39, 0.29) is 11.5 Å². The molecule has 23 heavy (non-hydrogen) atoms. The first-order valence-electron chi connectivity index (χ1n) is 8.16. The van der Waals surface area contributed by atoms with Crippen molar-refractivity contribution in [3.05, 3.63) is 65.7 Å². The molecule has 0 atom stereocenters. The van der Waals surface area contributed by atoms with Gasteiger partial charge in [-0.05, 0) is 22.6 Å². The van der Waals surface area contributed by atoms with Crippen LogP contribution in [0.25, 0.3) is 21.9 Å². The normalized spacial score (nSPS) is 10.9. The molecule has 0 aliphatic heterocycles. The number of aromatic hydroxyl groups is 1. The van der Waals surface area contributed by atoms with Crippen LogP contribution in [0.15, 0.2) is 54.6 Å². The van der Waals surface area contributed by atoms with Crippen molar-refractivity contribution < 1.29 is 9.90 Å². The smallest absolute Gasteiger partial charge is 0.194 e. The van der Waals surface area contributed by atoms with Crippen molar-refractivity contribution in [1.82, 2.24) is 0 Å². The summed E-state index contributed by atoms with van der Waals surface area (Å²) in [6.07, 6.45) is 0. The van der Waals surface area contributed by atoms with E-state index in [1.54, 1.807) is 6.07 Å². The van der Waals surface area contributed by atoms with Crippen molar-refractivity contribution in [2.24, 2.45) is 0 Å². The average molecular weight is 306 g/mol. The summed E-state index contributed by atoms with van der Waals surface area (Å²) in [5.74, 6) is 0.264. The van der Waals surface area contributed by atoms with Gasteiger partial charge in [0.25, 0.3) is 0 Å². The summed E-state index contributed by atoms with van der Waals surface area (Å²) < 4.78 is 0. The van der Waals surface area contributed by atoms with E-state index in [0.717, 1.165) is 21.9 Å². The lowest BCUT2D eigenvalue weighted by atomic mass is 9.98. The number of phenols is 1. The van der Waals surface area contributed by atoms with Gasteiger partial charge in [0.2, 0.25) is 0 Å². The lowest BCUT2D eigenvalue weighted by Gasteiger charge is -2.06. The highest BCUT2D eigenvalue weighted by Gasteiger charge is 2.29. The van der Waals surface area contributed by atoms with E-state index in [4.69, 9.17) is 0 Å². The van der Waals surface area contributed by atoms with Crippen LogP contribution in [0, 0.1) is 0 Å². The van der Waals surface area contributed by atoms with Crippen LogP contribution in [0.3, 0.4) is 0 Å². The molecule has 1 N–H and O–H groups in total. The molecular weight excluding hydrogens is 284 g/mol. The molecule has 0 radical (unpaired) electrons. The van der Waals surface area contributed by atoms with Crippen molar-refractivity contribution in [3.63, 3.8) is 0 Å². The zero-order chi connectivity index (χ0) is 17.0. The van der Waals surface area contributed by atoms with Gasteiger partial charge in [-0.3, -0.25) is 4.79 Å². The maximum atomic E-state index is 12.5. The van der Waals surface area contributed by atoms with Gasteiger partial charge in [0, 0.05) is 16.5 Å². The molecule has 0 amide bonds. The number of carbonyl (C=O) groups is 1. The first-order valence-corrected chi connectivity index (χ1v) is 8.16. The minimum atomic E-state index is 0.0433. The number of rotatable bonds is 0. The minimum Gasteiger partial charge on any atom is -0.507 e. The molecule has 0 aromatic heterocycles. The fourth-order valence-corrected chi connectivity index (χ4v) is 2.86. The van der Waals surface area contributed by atoms with Gasteiger partial charge in [-0.15, -0.1) is 0 Å². The number of hydrogen-bond acceptors (Lipinski definition) is 2. The second-order valence-electron chi connectivity index (χ2n) is 4.74. The van der Waals surface area contributed by atoms with E-state index in [1.165, 1.54) is 0 Å². The molecule has 1 aliphatic rings. The van der Waals surface area contributed by atoms with Crippen LogP contribution in [0.5, 0.6) is 5.75 Å². The molecule has 3 aromatic carbocycles. The van der Waals surface area contributed by atoms with Crippen LogP contribution in [0.1, 0.15) is 43.6 Å². The van der Waals surface area contributed by atoms with Crippen LogP contribution >= 0.6 is 0 Å². The molecule has 0 heterocycles. The third-order valence-corrected chi connectivity index (χ3v) is 3.71. The third-order valence-electron chi connectivity index (χ3n) is 3.71. The van der Waals surface area contributed by atoms with Crippen molar-refractivity contribution in [2.45, 2.75) is 27.7 Å². The minimum absolute atomic E-state index is 0.0433. The van der Waals surface area contributed by atoms with E-state index < -0.39 is 0 Å². The summed E-state index contributed by atoms with van der Waals surface area (Å²) in [6, 6.07) is 16.7. The summed E-state index contributed by atoms with van der Waals surface area (Å²) in [5, 5.41) is 11.7. The summed E-state index contributed by atoms with van der Waals surface area (Å²) in [5.41, 5.74) is 3.16. The molecule has 118 valence electrons. The second-order valence-corrected chi connectivity index (χ2v) is 4.74. The largest absolute Gasteiger partial charge is 0.507 e. The maximum absolute atomic E-state index is 12.5. The Kier molecular flexibility index (Phi) is 5.17. The molecule has 0 bridgehead atoms. The van der Waals surface area contributed by atoms with Crippen LogP contribution < -0.4 is 0 Å². The Balaban J connectivity index is 0.000000448. The Morgan fingerprint density at radius 3 is 1.87 bits per heavy atom. The monoisotopic (exact) mass is 306 g/mol. The molecule has 0 saturated heterocycles. The summed E-state index contributed by atoms with van der Waals surface area (Å²) in [7, 11) is 0. The Labute approximate surface area is 137 Å². The van der Waals surface area contributed by atoms with E-state index in [0.29, 0.717) is 11.1 Å². The van der Waals surface area contributed by atoms with Crippen molar-refractivity contribution in [3.8, 4) is 16.9 Å². The fourth-order valence-electron chi connectivity index (χ4n) is 2.86. The lowest BCUT2D eigenvalue weighted by Crippen LogP contribution is -1.96. The van der Waals surface area contributed by atoms with Crippen molar-refractivity contribution in [2.75, 3.05) is 0 Å². The maximum Gasteiger partial charge on any atom is 0.194 e. The van der Waals surface area contributed by atoms with Gasteiger partial charge in [0.15, 0.2) is 5.78 Å². The van der Waals surface area contributed by atoms with E-state index >= 15 is 0 Å². The zero-order valence-corrected chi connectivity index (χ0v) is 14.1. The second kappa shape index (κ2) is 7.10. The van der Waals surface area contributed by atoms with Gasteiger partial charge in [0.05, 0.1) is 0 Å². The fraction of sp³-hybridized carbons (Fsp3) is 0.190. The van der Waals surface area contributed by atoms with Gasteiger partial charge in [-0.1, -0.05) is 76.2 Å². The van der Waals surface area contributed by atoms with E-state index in [1.807, 2.05) is 76.2 Å². The summed E-state index contributed by atoms with van der Waals surface area (Å²) in [6.45, 7) is 8.00. The SMILES string of the molecule is CC.CC.O=C1c2ccccc2-c2cc(O)c3ccccc3c21. The van der Waals surface area contributed by atoms with Gasteiger partial charge >= 0.3 is 0 Å². The summed E-state index contributed by atoms with van der Waals surface area (Å²) >= 11 is 0.